The molecule has 168 valence electrons. The highest BCUT2D eigenvalue weighted by Gasteiger charge is 2.28. The molecule has 0 spiro atoms. The molecule has 1 N–H and O–H groups in total. The number of aryl methyl sites for hydroxylation is 2. The third kappa shape index (κ3) is 4.81. The van der Waals surface area contributed by atoms with Gasteiger partial charge in [0.2, 0.25) is 5.91 Å². The van der Waals surface area contributed by atoms with E-state index in [1.807, 2.05) is 42.8 Å². The van der Waals surface area contributed by atoms with Crippen LogP contribution < -0.4 is 10.1 Å². The van der Waals surface area contributed by atoms with Crippen molar-refractivity contribution in [1.29, 1.82) is 0 Å². The topological polar surface area (TPSA) is 95.3 Å². The van der Waals surface area contributed by atoms with Crippen LogP contribution >= 0.6 is 23.1 Å². The second kappa shape index (κ2) is 9.74. The number of benzene rings is 1. The van der Waals surface area contributed by atoms with Gasteiger partial charge in [-0.15, -0.1) is 21.5 Å². The number of esters is 1. The molecule has 0 saturated heterocycles. The maximum atomic E-state index is 12.6. The van der Waals surface area contributed by atoms with Crippen molar-refractivity contribution in [2.45, 2.75) is 37.9 Å². The molecule has 0 bridgehead atoms. The van der Waals surface area contributed by atoms with Gasteiger partial charge in [0.15, 0.2) is 11.0 Å². The molecule has 32 heavy (non-hydrogen) atoms. The highest BCUT2D eigenvalue weighted by Crippen LogP contribution is 2.39. The number of hydrogen-bond acceptors (Lipinski definition) is 8. The second-order valence-electron chi connectivity index (χ2n) is 7.45. The van der Waals surface area contributed by atoms with Crippen LogP contribution in [0, 0.1) is 6.92 Å². The zero-order chi connectivity index (χ0) is 22.7. The molecule has 2 aromatic heterocycles. The van der Waals surface area contributed by atoms with Crippen molar-refractivity contribution in [3.63, 3.8) is 0 Å². The predicted octanol–water partition coefficient (Wildman–Crippen LogP) is 3.77. The first kappa shape index (κ1) is 22.3. The van der Waals surface area contributed by atoms with Crippen LogP contribution in [-0.2, 0) is 36.0 Å². The fraction of sp³-hybridized carbons (Fsp3) is 0.364. The summed E-state index contributed by atoms with van der Waals surface area (Å²) in [7, 11) is 3.20. The molecule has 1 aromatic carbocycles. The van der Waals surface area contributed by atoms with Crippen LogP contribution in [0.5, 0.6) is 5.75 Å². The van der Waals surface area contributed by atoms with E-state index in [1.165, 1.54) is 35.8 Å². The lowest BCUT2D eigenvalue weighted by Crippen LogP contribution is -2.16. The number of fused-ring (bicyclic) bond motifs is 1. The van der Waals surface area contributed by atoms with Crippen LogP contribution in [0.25, 0.3) is 0 Å². The molecular weight excluding hydrogens is 448 g/mol. The Hall–Kier alpha value is -2.85. The summed E-state index contributed by atoms with van der Waals surface area (Å²) in [5, 5.41) is 12.4. The zero-order valence-electron chi connectivity index (χ0n) is 18.1. The van der Waals surface area contributed by atoms with Crippen LogP contribution in [0.2, 0.25) is 0 Å². The van der Waals surface area contributed by atoms with Crippen molar-refractivity contribution in [3.05, 3.63) is 51.7 Å². The summed E-state index contributed by atoms with van der Waals surface area (Å²) in [5.41, 5.74) is 2.67. The van der Waals surface area contributed by atoms with Crippen molar-refractivity contribution in [2.75, 3.05) is 18.2 Å². The van der Waals surface area contributed by atoms with Crippen LogP contribution in [0.4, 0.5) is 5.00 Å². The number of nitrogens with one attached hydrogen (secondary N) is 1. The summed E-state index contributed by atoms with van der Waals surface area (Å²) in [6, 6.07) is 7.79. The van der Waals surface area contributed by atoms with Crippen LogP contribution in [0.15, 0.2) is 29.4 Å². The first-order valence-corrected chi connectivity index (χ1v) is 12.0. The van der Waals surface area contributed by atoms with Gasteiger partial charge >= 0.3 is 5.97 Å². The van der Waals surface area contributed by atoms with E-state index >= 15 is 0 Å². The van der Waals surface area contributed by atoms with Gasteiger partial charge in [0, 0.05) is 11.9 Å². The van der Waals surface area contributed by atoms with E-state index in [0.717, 1.165) is 35.5 Å². The number of methoxy groups -OCH3 is 1. The zero-order valence-corrected chi connectivity index (χ0v) is 19.8. The standard InChI is InChI=1S/C22H24N4O4S2/c1-13-7-9-14(10-8-13)30-11-17-24-25-22(26(17)2)31-12-18(27)23-20-19(21(28)29-3)15-5-4-6-16(15)32-20/h7-10H,4-6,11-12H2,1-3H3,(H,23,27). The van der Waals surface area contributed by atoms with Crippen molar-refractivity contribution in [3.8, 4) is 5.75 Å². The summed E-state index contributed by atoms with van der Waals surface area (Å²) in [6.45, 7) is 2.30. The summed E-state index contributed by atoms with van der Waals surface area (Å²) in [6.07, 6.45) is 2.80. The SMILES string of the molecule is COC(=O)c1c(NC(=O)CSc2nnc(COc3ccc(C)cc3)n2C)sc2c1CCC2. The summed E-state index contributed by atoms with van der Waals surface area (Å²) < 4.78 is 12.5. The molecule has 3 aromatic rings. The predicted molar refractivity (Wildman–Crippen MR) is 124 cm³/mol. The van der Waals surface area contributed by atoms with Crippen LogP contribution in [-0.4, -0.2) is 39.5 Å². The van der Waals surface area contributed by atoms with E-state index in [1.54, 1.807) is 0 Å². The Morgan fingerprint density at radius 1 is 1.22 bits per heavy atom. The lowest BCUT2D eigenvalue weighted by molar-refractivity contribution is -0.113. The molecule has 0 unspecified atom stereocenters. The number of rotatable bonds is 8. The number of nitrogens with zero attached hydrogens (tertiary/aromatic N) is 3. The van der Waals surface area contributed by atoms with Gasteiger partial charge in [-0.1, -0.05) is 29.5 Å². The maximum absolute atomic E-state index is 12.6. The molecule has 2 heterocycles. The summed E-state index contributed by atoms with van der Waals surface area (Å²) in [5.74, 6) is 0.959. The average molecular weight is 473 g/mol. The molecule has 1 aliphatic carbocycles. The molecular formula is C22H24N4O4S2. The quantitative estimate of drug-likeness (QED) is 0.394. The third-order valence-electron chi connectivity index (χ3n) is 5.21. The van der Waals surface area contributed by atoms with Crippen LogP contribution in [0.3, 0.4) is 0 Å². The van der Waals surface area contributed by atoms with Crippen molar-refractivity contribution in [1.82, 2.24) is 14.8 Å². The number of aromatic nitrogens is 3. The van der Waals surface area contributed by atoms with Gasteiger partial charge in [-0.25, -0.2) is 4.79 Å². The van der Waals surface area contributed by atoms with Crippen molar-refractivity contribution < 1.29 is 19.1 Å². The molecule has 8 nitrogen and oxygen atoms in total. The molecule has 0 fully saturated rings. The lowest BCUT2D eigenvalue weighted by Gasteiger charge is -2.08. The van der Waals surface area contributed by atoms with E-state index in [0.29, 0.717) is 21.5 Å². The molecule has 0 saturated carbocycles. The van der Waals surface area contributed by atoms with Gasteiger partial charge < -0.3 is 19.4 Å². The Kier molecular flexibility index (Phi) is 6.80. The largest absolute Gasteiger partial charge is 0.486 e. The first-order chi connectivity index (χ1) is 15.5. The van der Waals surface area contributed by atoms with Crippen molar-refractivity contribution >= 4 is 40.0 Å². The van der Waals surface area contributed by atoms with Gasteiger partial charge in [-0.2, -0.15) is 0 Å². The second-order valence-corrected chi connectivity index (χ2v) is 9.50. The Morgan fingerprint density at radius 3 is 2.75 bits per heavy atom. The fourth-order valence-corrected chi connectivity index (χ4v) is 5.51. The van der Waals surface area contributed by atoms with Crippen molar-refractivity contribution in [2.24, 2.45) is 7.05 Å². The number of thiophene rings is 1. The molecule has 1 aliphatic rings. The fourth-order valence-electron chi connectivity index (χ4n) is 3.48. The Bertz CT molecular complexity index is 1140. The maximum Gasteiger partial charge on any atom is 0.341 e. The minimum atomic E-state index is -0.404. The summed E-state index contributed by atoms with van der Waals surface area (Å²) in [4.78, 5) is 26.0. The van der Waals surface area contributed by atoms with E-state index < -0.39 is 5.97 Å². The minimum Gasteiger partial charge on any atom is -0.486 e. The summed E-state index contributed by atoms with van der Waals surface area (Å²) >= 11 is 2.74. The molecule has 0 aliphatic heterocycles. The molecule has 1 amide bonds. The molecule has 4 rings (SSSR count). The molecule has 0 radical (unpaired) electrons. The van der Waals surface area contributed by atoms with Gasteiger partial charge in [-0.3, -0.25) is 4.79 Å². The smallest absolute Gasteiger partial charge is 0.341 e. The number of thioether (sulfide) groups is 1. The number of carbonyl (C=O) groups is 2. The first-order valence-electron chi connectivity index (χ1n) is 10.2. The van der Waals surface area contributed by atoms with Gasteiger partial charge in [0.05, 0.1) is 18.4 Å². The number of carbonyl (C=O) groups excluding carboxylic acids is 2. The van der Waals surface area contributed by atoms with E-state index in [-0.39, 0.29) is 18.3 Å². The highest BCUT2D eigenvalue weighted by molar-refractivity contribution is 7.99. The van der Waals surface area contributed by atoms with Gasteiger partial charge in [-0.05, 0) is 43.9 Å². The number of anilines is 1. The Labute approximate surface area is 194 Å². The Morgan fingerprint density at radius 2 is 2.00 bits per heavy atom. The lowest BCUT2D eigenvalue weighted by atomic mass is 10.1. The van der Waals surface area contributed by atoms with Gasteiger partial charge in [0.25, 0.3) is 0 Å². The normalized spacial score (nSPS) is 12.5. The Balaban J connectivity index is 1.35. The highest BCUT2D eigenvalue weighted by atomic mass is 32.2. The van der Waals surface area contributed by atoms with Crippen LogP contribution in [0.1, 0.15) is 38.6 Å². The number of ether oxygens (including phenoxy) is 2. The monoisotopic (exact) mass is 472 g/mol. The molecule has 10 heteroatoms. The van der Waals surface area contributed by atoms with Gasteiger partial charge in [0.1, 0.15) is 17.4 Å². The van der Waals surface area contributed by atoms with E-state index in [4.69, 9.17) is 9.47 Å². The van der Waals surface area contributed by atoms with E-state index in [9.17, 15) is 9.59 Å². The third-order valence-corrected chi connectivity index (χ3v) is 7.44. The average Bonchev–Trinajstić information content (AvgIpc) is 3.46. The van der Waals surface area contributed by atoms with E-state index in [2.05, 4.69) is 15.5 Å². The molecule has 0 atom stereocenters. The minimum absolute atomic E-state index is 0.147. The number of hydrogen-bond donors (Lipinski definition) is 1. The number of amides is 1.